The molecule has 0 saturated carbocycles. The Morgan fingerprint density at radius 2 is 1.67 bits per heavy atom. The molecule has 6 nitrogen and oxygen atoms in total. The fraction of sp³-hybridized carbons (Fsp3) is 0.261. The molecule has 2 aromatic carbocycles. The van der Waals surface area contributed by atoms with Crippen LogP contribution < -0.4 is 0 Å². The third-order valence-corrected chi connectivity index (χ3v) is 5.95. The maximum atomic E-state index is 11.5. The molecule has 0 aliphatic carbocycles. The summed E-state index contributed by atoms with van der Waals surface area (Å²) in [6.07, 6.45) is 0.724. The van der Waals surface area contributed by atoms with Crippen molar-refractivity contribution in [3.63, 3.8) is 0 Å². The van der Waals surface area contributed by atoms with Crippen molar-refractivity contribution in [2.24, 2.45) is 0 Å². The lowest BCUT2D eigenvalue weighted by Crippen LogP contribution is -2.11. The molecule has 2 heterocycles. The normalized spacial score (nSPS) is 11.3. The Morgan fingerprint density at radius 3 is 2.27 bits per heavy atom. The third kappa shape index (κ3) is 3.98. The molecule has 0 aliphatic heterocycles. The number of rotatable bonds is 8. The second kappa shape index (κ2) is 8.75. The molecule has 0 bridgehead atoms. The predicted octanol–water partition coefficient (Wildman–Crippen LogP) is 4.47. The van der Waals surface area contributed by atoms with E-state index in [1.807, 2.05) is 11.5 Å². The van der Waals surface area contributed by atoms with E-state index >= 15 is 0 Å². The fourth-order valence-corrected chi connectivity index (χ4v) is 4.47. The number of hydrogen-bond acceptors (Lipinski definition) is 5. The Kier molecular flexibility index (Phi) is 5.90. The molecule has 0 radical (unpaired) electrons. The van der Waals surface area contributed by atoms with Gasteiger partial charge in [-0.3, -0.25) is 4.79 Å². The molecule has 0 aliphatic rings. The van der Waals surface area contributed by atoms with Crippen LogP contribution in [-0.2, 0) is 29.0 Å². The summed E-state index contributed by atoms with van der Waals surface area (Å²) in [6, 6.07) is 16.9. The number of aryl methyl sites for hydroxylation is 2. The van der Waals surface area contributed by atoms with Gasteiger partial charge < -0.3 is 13.9 Å². The number of benzene rings is 2. The third-order valence-electron chi connectivity index (χ3n) is 5.01. The summed E-state index contributed by atoms with van der Waals surface area (Å²) in [4.78, 5) is 11.5. The monoisotopic (exact) mass is 420 g/mol. The quantitative estimate of drug-likeness (QED) is 0.239. The summed E-state index contributed by atoms with van der Waals surface area (Å²) in [5.41, 5.74) is 3.43. The van der Waals surface area contributed by atoms with E-state index in [0.717, 1.165) is 24.4 Å². The van der Waals surface area contributed by atoms with Gasteiger partial charge in [-0.05, 0) is 19.1 Å². The highest BCUT2D eigenvalue weighted by Crippen LogP contribution is 2.29. The average Bonchev–Trinajstić information content (AvgIpc) is 3.28. The lowest BCUT2D eigenvalue weighted by molar-refractivity contribution is -0.137. The number of thioether (sulfide) groups is 1. The number of allylic oxidation sites excluding steroid dienone is 1. The number of carbonyl (C=O) groups excluding carboxylic acids is 1. The summed E-state index contributed by atoms with van der Waals surface area (Å²) in [5, 5.41) is 12.0. The van der Waals surface area contributed by atoms with Gasteiger partial charge >= 0.3 is 5.97 Å². The summed E-state index contributed by atoms with van der Waals surface area (Å²) in [6.45, 7) is 7.42. The largest absolute Gasteiger partial charge is 0.468 e. The number of para-hydroxylation sites is 2. The van der Waals surface area contributed by atoms with Crippen LogP contribution in [0.4, 0.5) is 0 Å². The first-order chi connectivity index (χ1) is 14.6. The Bertz CT molecular complexity index is 1170. The molecule has 0 atom stereocenters. The van der Waals surface area contributed by atoms with Gasteiger partial charge in [0.1, 0.15) is 5.82 Å². The zero-order valence-electron chi connectivity index (χ0n) is 17.2. The molecule has 0 amide bonds. The highest BCUT2D eigenvalue weighted by Gasteiger charge is 2.16. The molecule has 2 aromatic heterocycles. The van der Waals surface area contributed by atoms with Gasteiger partial charge in [0.2, 0.25) is 0 Å². The van der Waals surface area contributed by atoms with Crippen molar-refractivity contribution in [2.75, 3.05) is 12.9 Å². The van der Waals surface area contributed by atoms with Crippen LogP contribution in [-0.4, -0.2) is 38.2 Å². The van der Waals surface area contributed by atoms with E-state index in [4.69, 9.17) is 4.74 Å². The number of aromatic nitrogens is 4. The zero-order chi connectivity index (χ0) is 21.1. The summed E-state index contributed by atoms with van der Waals surface area (Å²) < 4.78 is 9.12. The molecule has 4 rings (SSSR count). The number of carbonyl (C=O) groups is 1. The second-order valence-corrected chi connectivity index (χ2v) is 8.19. The van der Waals surface area contributed by atoms with E-state index in [1.54, 1.807) is 0 Å². The van der Waals surface area contributed by atoms with Gasteiger partial charge in [-0.2, -0.15) is 0 Å². The topological polar surface area (TPSA) is 61.9 Å². The summed E-state index contributed by atoms with van der Waals surface area (Å²) in [7, 11) is 1.39. The van der Waals surface area contributed by atoms with Gasteiger partial charge in [-0.1, -0.05) is 60.3 Å². The van der Waals surface area contributed by atoms with Crippen LogP contribution in [0, 0.1) is 0 Å². The van der Waals surface area contributed by atoms with Crippen molar-refractivity contribution in [3.05, 3.63) is 66.5 Å². The van der Waals surface area contributed by atoms with Gasteiger partial charge in [0.15, 0.2) is 5.16 Å². The number of fused-ring (bicyclic) bond motifs is 3. The highest BCUT2D eigenvalue weighted by atomic mass is 32.2. The standard InChI is InChI=1S/C23H24N4O2S/c1-16(2)14-27-21(24-25-23(27)30-15-22(28)29-3)12-13-26-19-10-6-4-8-17(19)18-9-5-7-11-20(18)26/h4-11H,1,12-15H2,2-3H3. The SMILES string of the molecule is C=C(C)Cn1c(CCn2c3ccccc3c3ccccc32)nnc1SCC(=O)OC. The number of ether oxygens (including phenoxy) is 1. The number of nitrogens with zero attached hydrogens (tertiary/aromatic N) is 4. The van der Waals surface area contributed by atoms with Crippen LogP contribution in [0.5, 0.6) is 0 Å². The lowest BCUT2D eigenvalue weighted by atomic mass is 10.2. The Labute approximate surface area is 179 Å². The van der Waals surface area contributed by atoms with E-state index in [0.29, 0.717) is 11.7 Å². The first kappa shape index (κ1) is 20.2. The van der Waals surface area contributed by atoms with Crippen LogP contribution in [0.15, 0.2) is 65.8 Å². The first-order valence-electron chi connectivity index (χ1n) is 9.80. The smallest absolute Gasteiger partial charge is 0.316 e. The molecule has 0 saturated heterocycles. The first-order valence-corrected chi connectivity index (χ1v) is 10.8. The predicted molar refractivity (Wildman–Crippen MR) is 121 cm³/mol. The van der Waals surface area contributed by atoms with Gasteiger partial charge in [-0.15, -0.1) is 10.2 Å². The highest BCUT2D eigenvalue weighted by molar-refractivity contribution is 7.99. The van der Waals surface area contributed by atoms with Crippen molar-refractivity contribution < 1.29 is 9.53 Å². The van der Waals surface area contributed by atoms with E-state index < -0.39 is 0 Å². The molecular formula is C23H24N4O2S. The molecule has 154 valence electrons. The van der Waals surface area contributed by atoms with Gasteiger partial charge in [0, 0.05) is 41.3 Å². The van der Waals surface area contributed by atoms with Crippen LogP contribution >= 0.6 is 11.8 Å². The minimum absolute atomic E-state index is 0.206. The fourth-order valence-electron chi connectivity index (χ4n) is 3.68. The summed E-state index contributed by atoms with van der Waals surface area (Å²) in [5.74, 6) is 0.807. The van der Waals surface area contributed by atoms with Crippen molar-refractivity contribution in [1.82, 2.24) is 19.3 Å². The maximum absolute atomic E-state index is 11.5. The average molecular weight is 421 g/mol. The Hall–Kier alpha value is -3.06. The molecule has 7 heteroatoms. The van der Waals surface area contributed by atoms with E-state index in [1.165, 1.54) is 40.7 Å². The number of hydrogen-bond donors (Lipinski definition) is 0. The number of esters is 1. The van der Waals surface area contributed by atoms with Gasteiger partial charge in [-0.25, -0.2) is 0 Å². The van der Waals surface area contributed by atoms with Crippen LogP contribution in [0.25, 0.3) is 21.8 Å². The Balaban J connectivity index is 1.64. The van der Waals surface area contributed by atoms with Crippen LogP contribution in [0.2, 0.25) is 0 Å². The van der Waals surface area contributed by atoms with E-state index in [-0.39, 0.29) is 11.7 Å². The second-order valence-electron chi connectivity index (χ2n) is 7.24. The molecule has 0 spiro atoms. The molecule has 30 heavy (non-hydrogen) atoms. The Morgan fingerprint density at radius 1 is 1.03 bits per heavy atom. The minimum Gasteiger partial charge on any atom is -0.468 e. The zero-order valence-corrected chi connectivity index (χ0v) is 18.0. The van der Waals surface area contributed by atoms with Crippen molar-refractivity contribution >= 4 is 39.5 Å². The van der Waals surface area contributed by atoms with E-state index in [2.05, 4.69) is 69.9 Å². The van der Waals surface area contributed by atoms with Gasteiger partial charge in [0.05, 0.1) is 12.9 Å². The minimum atomic E-state index is -0.281. The maximum Gasteiger partial charge on any atom is 0.316 e. The lowest BCUT2D eigenvalue weighted by Gasteiger charge is -2.11. The molecule has 0 N–H and O–H groups in total. The van der Waals surface area contributed by atoms with E-state index in [9.17, 15) is 4.79 Å². The molecule has 0 fully saturated rings. The summed E-state index contributed by atoms with van der Waals surface area (Å²) >= 11 is 1.34. The van der Waals surface area contributed by atoms with Crippen molar-refractivity contribution in [1.29, 1.82) is 0 Å². The van der Waals surface area contributed by atoms with Crippen molar-refractivity contribution in [3.8, 4) is 0 Å². The van der Waals surface area contributed by atoms with Crippen LogP contribution in [0.1, 0.15) is 12.7 Å². The number of methoxy groups -OCH3 is 1. The van der Waals surface area contributed by atoms with Gasteiger partial charge in [0.25, 0.3) is 0 Å². The molecule has 4 aromatic rings. The van der Waals surface area contributed by atoms with Crippen molar-refractivity contribution in [2.45, 2.75) is 31.6 Å². The van der Waals surface area contributed by atoms with Crippen LogP contribution in [0.3, 0.4) is 0 Å². The molecular weight excluding hydrogens is 396 g/mol. The molecule has 0 unspecified atom stereocenters.